The van der Waals surface area contributed by atoms with Gasteiger partial charge >= 0.3 is 0 Å². The van der Waals surface area contributed by atoms with Crippen molar-refractivity contribution >= 4 is 5.82 Å². The molecule has 2 unspecified atom stereocenters. The summed E-state index contributed by atoms with van der Waals surface area (Å²) in [6, 6.07) is 6.44. The minimum Gasteiger partial charge on any atom is -0.378 e. The standard InChI is InChI=1S/C14H19N3O/c1-10-2-3-14(15-5-10)16-6-11-4-12(7-16)17(11)13-8-18-9-13/h2-3,5,11-13H,4,6-9H2,1H3. The van der Waals surface area contributed by atoms with Crippen LogP contribution >= 0.6 is 0 Å². The number of piperidine rings is 1. The zero-order valence-corrected chi connectivity index (χ0v) is 10.7. The lowest BCUT2D eigenvalue weighted by Crippen LogP contribution is -2.74. The van der Waals surface area contributed by atoms with Gasteiger partial charge in [0.05, 0.1) is 19.3 Å². The van der Waals surface area contributed by atoms with Crippen molar-refractivity contribution in [3.05, 3.63) is 23.9 Å². The molecule has 0 saturated carbocycles. The number of aromatic nitrogens is 1. The van der Waals surface area contributed by atoms with E-state index in [1.54, 1.807) is 0 Å². The lowest BCUT2D eigenvalue weighted by molar-refractivity contribution is -0.141. The number of piperazine rings is 1. The molecule has 5 heterocycles. The van der Waals surface area contributed by atoms with Crippen molar-refractivity contribution in [2.45, 2.75) is 31.5 Å². The highest BCUT2D eigenvalue weighted by Crippen LogP contribution is 2.37. The molecule has 0 N–H and O–H groups in total. The molecule has 4 nitrogen and oxygen atoms in total. The topological polar surface area (TPSA) is 28.6 Å². The average molecular weight is 245 g/mol. The van der Waals surface area contributed by atoms with Gasteiger partial charge < -0.3 is 9.64 Å². The van der Waals surface area contributed by atoms with Gasteiger partial charge in [0.15, 0.2) is 0 Å². The Hall–Kier alpha value is -1.13. The highest BCUT2D eigenvalue weighted by Gasteiger charge is 2.49. The predicted molar refractivity (Wildman–Crippen MR) is 69.8 cm³/mol. The molecular weight excluding hydrogens is 226 g/mol. The molecule has 4 saturated heterocycles. The van der Waals surface area contributed by atoms with Gasteiger partial charge in [0.25, 0.3) is 0 Å². The molecule has 96 valence electrons. The quantitative estimate of drug-likeness (QED) is 0.779. The summed E-state index contributed by atoms with van der Waals surface area (Å²) in [5, 5.41) is 0. The molecule has 0 radical (unpaired) electrons. The molecule has 0 amide bonds. The number of aryl methyl sites for hydroxylation is 1. The molecule has 0 aliphatic carbocycles. The Bertz CT molecular complexity index is 431. The fourth-order valence-electron chi connectivity index (χ4n) is 3.46. The van der Waals surface area contributed by atoms with E-state index >= 15 is 0 Å². The van der Waals surface area contributed by atoms with Crippen LogP contribution in [0.25, 0.3) is 0 Å². The predicted octanol–water partition coefficient (Wildman–Crippen LogP) is 1.05. The maximum Gasteiger partial charge on any atom is 0.128 e. The van der Waals surface area contributed by atoms with Crippen molar-refractivity contribution in [3.8, 4) is 0 Å². The van der Waals surface area contributed by atoms with Gasteiger partial charge in [-0.1, -0.05) is 6.07 Å². The normalized spacial score (nSPS) is 31.9. The minimum atomic E-state index is 0.696. The molecule has 4 aliphatic heterocycles. The van der Waals surface area contributed by atoms with E-state index in [2.05, 4.69) is 33.8 Å². The van der Waals surface area contributed by atoms with Gasteiger partial charge in [0, 0.05) is 31.4 Å². The van der Waals surface area contributed by atoms with Crippen LogP contribution < -0.4 is 4.90 Å². The van der Waals surface area contributed by atoms with Crippen LogP contribution in [0.5, 0.6) is 0 Å². The molecule has 1 aromatic rings. The van der Waals surface area contributed by atoms with Crippen molar-refractivity contribution < 1.29 is 4.74 Å². The highest BCUT2D eigenvalue weighted by atomic mass is 16.5. The Balaban J connectivity index is 1.47. The van der Waals surface area contributed by atoms with Crippen LogP contribution in [-0.2, 0) is 4.74 Å². The summed E-state index contributed by atoms with van der Waals surface area (Å²) in [7, 11) is 0. The first-order chi connectivity index (χ1) is 8.81. The molecular formula is C14H19N3O. The highest BCUT2D eigenvalue weighted by molar-refractivity contribution is 5.42. The van der Waals surface area contributed by atoms with Crippen molar-refractivity contribution in [3.63, 3.8) is 0 Å². The molecule has 0 aromatic carbocycles. The Kier molecular flexibility index (Phi) is 2.35. The zero-order chi connectivity index (χ0) is 12.1. The van der Waals surface area contributed by atoms with Crippen LogP contribution in [0.2, 0.25) is 0 Å². The number of pyridine rings is 1. The van der Waals surface area contributed by atoms with Gasteiger partial charge in [-0.3, -0.25) is 4.90 Å². The zero-order valence-electron chi connectivity index (χ0n) is 10.7. The maximum absolute atomic E-state index is 5.31. The Labute approximate surface area is 108 Å². The van der Waals surface area contributed by atoms with Crippen LogP contribution in [0.15, 0.2) is 18.3 Å². The van der Waals surface area contributed by atoms with Gasteiger partial charge in [-0.2, -0.15) is 0 Å². The number of rotatable bonds is 2. The number of hydrogen-bond acceptors (Lipinski definition) is 4. The van der Waals surface area contributed by atoms with E-state index in [4.69, 9.17) is 4.74 Å². The molecule has 2 bridgehead atoms. The van der Waals surface area contributed by atoms with Gasteiger partial charge in [-0.05, 0) is 25.0 Å². The third-order valence-corrected chi connectivity index (χ3v) is 4.51. The van der Waals surface area contributed by atoms with Crippen molar-refractivity contribution in [1.29, 1.82) is 0 Å². The Morgan fingerprint density at radius 2 is 1.94 bits per heavy atom. The summed E-state index contributed by atoms with van der Waals surface area (Å²) < 4.78 is 5.31. The van der Waals surface area contributed by atoms with Crippen molar-refractivity contribution in [2.24, 2.45) is 0 Å². The summed E-state index contributed by atoms with van der Waals surface area (Å²) in [6.07, 6.45) is 3.33. The summed E-state index contributed by atoms with van der Waals surface area (Å²) in [4.78, 5) is 9.66. The summed E-state index contributed by atoms with van der Waals surface area (Å²) in [5.41, 5.74) is 1.23. The average Bonchev–Trinajstić information content (AvgIpc) is 2.34. The van der Waals surface area contributed by atoms with Crippen molar-refractivity contribution in [1.82, 2.24) is 9.88 Å². The first kappa shape index (κ1) is 10.8. The summed E-state index contributed by atoms with van der Waals surface area (Å²) in [5.74, 6) is 1.14. The van der Waals surface area contributed by atoms with E-state index in [1.807, 2.05) is 6.20 Å². The summed E-state index contributed by atoms with van der Waals surface area (Å²) in [6.45, 7) is 6.22. The monoisotopic (exact) mass is 245 g/mol. The third-order valence-electron chi connectivity index (χ3n) is 4.51. The number of nitrogens with zero attached hydrogens (tertiary/aromatic N) is 3. The first-order valence-corrected chi connectivity index (χ1v) is 6.84. The number of anilines is 1. The van der Waals surface area contributed by atoms with Crippen LogP contribution in [0.3, 0.4) is 0 Å². The van der Waals surface area contributed by atoms with Crippen molar-refractivity contribution in [2.75, 3.05) is 31.2 Å². The van der Waals surface area contributed by atoms with E-state index in [0.717, 1.165) is 44.2 Å². The molecule has 4 aliphatic rings. The number of fused-ring (bicyclic) bond motifs is 2. The lowest BCUT2D eigenvalue weighted by Gasteiger charge is -2.60. The fraction of sp³-hybridized carbons (Fsp3) is 0.643. The van der Waals surface area contributed by atoms with E-state index in [0.29, 0.717) is 6.04 Å². The van der Waals surface area contributed by atoms with Gasteiger partial charge in [0.2, 0.25) is 0 Å². The van der Waals surface area contributed by atoms with E-state index < -0.39 is 0 Å². The molecule has 18 heavy (non-hydrogen) atoms. The molecule has 2 atom stereocenters. The van der Waals surface area contributed by atoms with Gasteiger partial charge in [-0.25, -0.2) is 4.98 Å². The van der Waals surface area contributed by atoms with Crippen LogP contribution in [0.1, 0.15) is 12.0 Å². The molecule has 1 aromatic heterocycles. The van der Waals surface area contributed by atoms with Gasteiger partial charge in [-0.15, -0.1) is 0 Å². The second kappa shape index (κ2) is 3.93. The second-order valence-electron chi connectivity index (χ2n) is 5.78. The van der Waals surface area contributed by atoms with E-state index in [1.165, 1.54) is 12.0 Å². The molecule has 4 fully saturated rings. The minimum absolute atomic E-state index is 0.696. The lowest BCUT2D eigenvalue weighted by atomic mass is 9.85. The number of ether oxygens (including phenoxy) is 1. The van der Waals surface area contributed by atoms with Gasteiger partial charge in [0.1, 0.15) is 5.82 Å². The Morgan fingerprint density at radius 3 is 2.50 bits per heavy atom. The third kappa shape index (κ3) is 1.56. The van der Waals surface area contributed by atoms with E-state index in [9.17, 15) is 0 Å². The van der Waals surface area contributed by atoms with Crippen LogP contribution in [0, 0.1) is 6.92 Å². The largest absolute Gasteiger partial charge is 0.378 e. The van der Waals surface area contributed by atoms with E-state index in [-0.39, 0.29) is 0 Å². The fourth-order valence-corrected chi connectivity index (χ4v) is 3.46. The molecule has 0 spiro atoms. The SMILES string of the molecule is Cc1ccc(N2CC3CC(C2)N3C2COC2)nc1. The first-order valence-electron chi connectivity index (χ1n) is 6.84. The second-order valence-corrected chi connectivity index (χ2v) is 5.78. The van der Waals surface area contributed by atoms with Crippen LogP contribution in [0.4, 0.5) is 5.82 Å². The smallest absolute Gasteiger partial charge is 0.128 e. The summed E-state index contributed by atoms with van der Waals surface area (Å²) >= 11 is 0. The number of hydrogen-bond donors (Lipinski definition) is 0. The maximum atomic E-state index is 5.31. The molecule has 4 heteroatoms. The van der Waals surface area contributed by atoms with Crippen LogP contribution in [-0.4, -0.2) is 54.3 Å². The molecule has 5 rings (SSSR count). The Morgan fingerprint density at radius 1 is 1.17 bits per heavy atom.